The molecule has 2 saturated heterocycles. The van der Waals surface area contributed by atoms with Crippen molar-refractivity contribution in [2.24, 2.45) is 10.1 Å². The van der Waals surface area contributed by atoms with Crippen molar-refractivity contribution >= 4 is 54.9 Å². The molecular weight excluding hydrogens is 738 g/mol. The van der Waals surface area contributed by atoms with Gasteiger partial charge in [-0.25, -0.2) is 27.0 Å². The number of aliphatic hydroxyl groups is 8. The van der Waals surface area contributed by atoms with Crippen LogP contribution in [0.3, 0.4) is 0 Å². The van der Waals surface area contributed by atoms with Crippen LogP contribution in [0.2, 0.25) is 5.02 Å². The van der Waals surface area contributed by atoms with Gasteiger partial charge in [-0.2, -0.15) is 0 Å². The Balaban J connectivity index is 0.000000223. The number of thioether (sulfide) groups is 1. The fourth-order valence-electron chi connectivity index (χ4n) is 4.89. The quantitative estimate of drug-likeness (QED) is 0.120. The minimum absolute atomic E-state index is 0.0801. The third-order valence-electron chi connectivity index (χ3n) is 7.45. The number of fused-ring (bicyclic) bond motifs is 1. The summed E-state index contributed by atoms with van der Waals surface area (Å²) in [6.45, 7) is -1.35. The maximum Gasteiger partial charge on any atom is 0.265 e. The second-order valence-corrected chi connectivity index (χ2v) is 15.5. The number of nitrogens with two attached hydrogens (primary N) is 1. The van der Waals surface area contributed by atoms with E-state index in [1.54, 1.807) is 0 Å². The molecule has 2 fully saturated rings. The van der Waals surface area contributed by atoms with Crippen LogP contribution < -0.4 is 9.86 Å². The van der Waals surface area contributed by atoms with Crippen molar-refractivity contribution in [2.75, 3.05) is 19.0 Å². The molecule has 0 aromatic heterocycles. The summed E-state index contributed by atoms with van der Waals surface area (Å²) in [5.74, 6) is 1.28. The third kappa shape index (κ3) is 9.45. The number of aliphatic imine (C=N–C) groups is 1. The van der Waals surface area contributed by atoms with Gasteiger partial charge in [0, 0.05) is 5.75 Å². The van der Waals surface area contributed by atoms with E-state index in [1.807, 2.05) is 30.3 Å². The number of amidine groups is 1. The highest BCUT2D eigenvalue weighted by Crippen LogP contribution is 2.35. The third-order valence-corrected chi connectivity index (χ3v) is 11.2. The molecule has 3 heterocycles. The van der Waals surface area contributed by atoms with Gasteiger partial charge in [-0.15, -0.1) is 11.8 Å². The molecule has 11 N–H and O–H groups in total. The SMILES string of the molecule is NS(=O)(=O)c1cc2c(cc1Cl)N=C(CSCc1ccccc1)NS2(=O)=O.OC[C@H]1O[C@H](O[C@H]2[C@H](O)[C@@H](O)[C@H](O)O[C@@H]2CO)[C@H](O)[C@@H](O)[C@@H]1O. The van der Waals surface area contributed by atoms with E-state index < -0.39 is 99.6 Å². The van der Waals surface area contributed by atoms with Gasteiger partial charge < -0.3 is 55.1 Å². The zero-order valence-corrected chi connectivity index (χ0v) is 28.4. The molecule has 0 spiro atoms. The Morgan fingerprint density at radius 1 is 0.898 bits per heavy atom. The van der Waals surface area contributed by atoms with E-state index in [-0.39, 0.29) is 21.4 Å². The smallest absolute Gasteiger partial charge is 0.265 e. The number of nitrogens with one attached hydrogen (secondary N) is 1. The molecule has 18 nitrogen and oxygen atoms in total. The lowest BCUT2D eigenvalue weighted by atomic mass is 9.97. The number of hydrogen-bond acceptors (Lipinski definition) is 17. The predicted molar refractivity (Wildman–Crippen MR) is 171 cm³/mol. The number of aliphatic hydroxyl groups excluding tert-OH is 8. The van der Waals surface area contributed by atoms with Crippen molar-refractivity contribution in [3.05, 3.63) is 53.1 Å². The van der Waals surface area contributed by atoms with Gasteiger partial charge in [0.05, 0.1) is 29.7 Å². The number of rotatable bonds is 9. The summed E-state index contributed by atoms with van der Waals surface area (Å²) in [7, 11) is -8.11. The highest BCUT2D eigenvalue weighted by Gasteiger charge is 2.50. The largest absolute Gasteiger partial charge is 0.394 e. The normalized spacial score (nSPS) is 32.6. The van der Waals surface area contributed by atoms with Gasteiger partial charge in [-0.3, -0.25) is 4.72 Å². The first kappa shape index (κ1) is 39.8. The Hall–Kier alpha value is -2.03. The van der Waals surface area contributed by atoms with Crippen LogP contribution in [0.5, 0.6) is 0 Å². The van der Waals surface area contributed by atoms with Crippen LogP contribution in [-0.2, 0) is 40.0 Å². The summed E-state index contributed by atoms with van der Waals surface area (Å²) in [5.41, 5.74) is 1.19. The lowest BCUT2D eigenvalue weighted by Crippen LogP contribution is -2.64. The Kier molecular flexibility index (Phi) is 13.4. The van der Waals surface area contributed by atoms with Gasteiger partial charge in [-0.05, 0) is 17.7 Å². The van der Waals surface area contributed by atoms with E-state index in [2.05, 4.69) is 9.71 Å². The molecule has 3 aliphatic rings. The monoisotopic (exact) mass is 773 g/mol. The maximum atomic E-state index is 12.4. The average Bonchev–Trinajstić information content (AvgIpc) is 3.04. The van der Waals surface area contributed by atoms with Crippen molar-refractivity contribution in [3.8, 4) is 0 Å². The lowest BCUT2D eigenvalue weighted by Gasteiger charge is -2.45. The second-order valence-electron chi connectivity index (χ2n) is 11.0. The molecule has 3 aliphatic heterocycles. The van der Waals surface area contributed by atoms with Crippen LogP contribution in [0.4, 0.5) is 5.69 Å². The summed E-state index contributed by atoms with van der Waals surface area (Å²) in [4.78, 5) is 3.51. The van der Waals surface area contributed by atoms with E-state index in [4.69, 9.17) is 36.1 Å². The van der Waals surface area contributed by atoms with Crippen LogP contribution in [0, 0.1) is 0 Å². The van der Waals surface area contributed by atoms with Crippen molar-refractivity contribution in [2.45, 2.75) is 77.0 Å². The topological polar surface area (TPSA) is 308 Å². The Morgan fingerprint density at radius 3 is 2.16 bits per heavy atom. The first-order valence-corrected chi connectivity index (χ1v) is 18.9. The number of sulfonamides is 2. The zero-order chi connectivity index (χ0) is 36.3. The fourth-order valence-corrected chi connectivity index (χ4v) is 8.20. The number of ether oxygens (including phenoxy) is 3. The molecular formula is C27H36ClN3O15S3. The molecule has 0 bridgehead atoms. The van der Waals surface area contributed by atoms with E-state index in [0.717, 1.165) is 11.6 Å². The summed E-state index contributed by atoms with van der Waals surface area (Å²) in [5, 5.41) is 81.4. The van der Waals surface area contributed by atoms with Crippen LogP contribution in [-0.4, -0.2) is 144 Å². The number of halogens is 1. The fraction of sp³-hybridized carbons (Fsp3) is 0.519. The summed E-state index contributed by atoms with van der Waals surface area (Å²) < 4.78 is 65.5. The minimum Gasteiger partial charge on any atom is -0.394 e. The van der Waals surface area contributed by atoms with Gasteiger partial charge in [0.2, 0.25) is 10.0 Å². The second kappa shape index (κ2) is 16.5. The number of primary sulfonamides is 1. The van der Waals surface area contributed by atoms with E-state index in [1.165, 1.54) is 17.8 Å². The maximum absolute atomic E-state index is 12.4. The molecule has 22 heteroatoms. The molecule has 0 amide bonds. The molecule has 5 rings (SSSR count). The van der Waals surface area contributed by atoms with Gasteiger partial charge >= 0.3 is 0 Å². The van der Waals surface area contributed by atoms with E-state index >= 15 is 0 Å². The van der Waals surface area contributed by atoms with Crippen molar-refractivity contribution in [1.82, 2.24) is 4.72 Å². The zero-order valence-electron chi connectivity index (χ0n) is 25.2. The van der Waals surface area contributed by atoms with Crippen LogP contribution >= 0.6 is 23.4 Å². The predicted octanol–water partition coefficient (Wildman–Crippen LogP) is -3.15. The first-order chi connectivity index (χ1) is 23.0. The Bertz CT molecular complexity index is 1680. The van der Waals surface area contributed by atoms with Gasteiger partial charge in [0.15, 0.2) is 12.6 Å². The van der Waals surface area contributed by atoms with Gasteiger partial charge in [0.1, 0.15) is 64.5 Å². The lowest BCUT2D eigenvalue weighted by molar-refractivity contribution is -0.355. The number of benzene rings is 2. The standard InChI is InChI=1S/C15H14ClN3O4S3.C12H22O11/c16-11-6-12-14(7-13(11)25(17,20)21)26(22,23)19-15(18-12)9-24-8-10-4-2-1-3-5-10;13-1-3-5(15)6(16)9(19)12(22-3)23-10-4(2-14)21-11(20)8(18)7(10)17/h1-7H,8-9H2,(H,18,19)(H2,17,20,21);3-20H,1-2H2/t;3-,4-,5-,6+,7-,8-,9-,10-,11-,12-/m.1/s1. The van der Waals surface area contributed by atoms with Gasteiger partial charge in [-0.1, -0.05) is 41.9 Å². The molecule has 2 aromatic carbocycles. The Morgan fingerprint density at radius 2 is 1.55 bits per heavy atom. The summed E-state index contributed by atoms with van der Waals surface area (Å²) >= 11 is 7.42. The van der Waals surface area contributed by atoms with Gasteiger partial charge in [0.25, 0.3) is 10.0 Å². The average molecular weight is 774 g/mol. The minimum atomic E-state index is -4.15. The molecule has 0 aliphatic carbocycles. The molecule has 274 valence electrons. The molecule has 49 heavy (non-hydrogen) atoms. The Labute approximate surface area is 289 Å². The molecule has 2 aromatic rings. The van der Waals surface area contributed by atoms with E-state index in [0.29, 0.717) is 11.5 Å². The number of nitrogens with zero attached hydrogens (tertiary/aromatic N) is 1. The van der Waals surface area contributed by atoms with E-state index in [9.17, 15) is 52.6 Å². The van der Waals surface area contributed by atoms with Crippen LogP contribution in [0.15, 0.2) is 57.2 Å². The molecule has 0 unspecified atom stereocenters. The highest BCUT2D eigenvalue weighted by molar-refractivity contribution is 7.99. The molecule has 10 atom stereocenters. The van der Waals surface area contributed by atoms with Crippen molar-refractivity contribution in [1.29, 1.82) is 0 Å². The highest BCUT2D eigenvalue weighted by atomic mass is 35.5. The summed E-state index contributed by atoms with van der Waals surface area (Å²) in [6, 6.07) is 11.8. The summed E-state index contributed by atoms with van der Waals surface area (Å²) in [6.07, 6.45) is -15.6. The van der Waals surface area contributed by atoms with Crippen molar-refractivity contribution in [3.63, 3.8) is 0 Å². The molecule has 0 radical (unpaired) electrons. The van der Waals surface area contributed by atoms with Crippen molar-refractivity contribution < 1.29 is 71.9 Å². The first-order valence-electron chi connectivity index (χ1n) is 14.3. The van der Waals surface area contributed by atoms with Crippen LogP contribution in [0.25, 0.3) is 0 Å². The number of hydrogen-bond donors (Lipinski definition) is 10. The van der Waals surface area contributed by atoms with Crippen LogP contribution in [0.1, 0.15) is 5.56 Å². The molecule has 0 saturated carbocycles.